The molecule has 1 heterocycles. The van der Waals surface area contributed by atoms with Crippen molar-refractivity contribution < 1.29 is 9.53 Å². The Hall–Kier alpha value is -1.36. The Balaban J connectivity index is 1.78. The maximum absolute atomic E-state index is 11.7. The zero-order valence-corrected chi connectivity index (χ0v) is 12.6. The molecule has 0 radical (unpaired) electrons. The molecule has 1 aromatic rings. The van der Waals surface area contributed by atoms with Crippen LogP contribution in [0.1, 0.15) is 51.1 Å². The van der Waals surface area contributed by atoms with E-state index in [2.05, 4.69) is 17.3 Å². The number of carbonyl (C=O) groups is 1. The number of nitrogens with one attached hydrogen (secondary N) is 1. The van der Waals surface area contributed by atoms with Crippen molar-refractivity contribution >= 4 is 5.97 Å². The lowest BCUT2D eigenvalue weighted by Gasteiger charge is -2.30. The largest absolute Gasteiger partial charge is 0.466 e. The van der Waals surface area contributed by atoms with Crippen LogP contribution in [0, 0.1) is 5.92 Å². The fraction of sp³-hybridized carbons (Fsp3) is 0.733. The van der Waals surface area contributed by atoms with Crippen molar-refractivity contribution in [2.75, 3.05) is 6.61 Å². The molecular formula is C15H25N3O2. The Labute approximate surface area is 120 Å². The number of hydrogen-bond donors (Lipinski definition) is 1. The fourth-order valence-electron chi connectivity index (χ4n) is 2.87. The van der Waals surface area contributed by atoms with Gasteiger partial charge in [0.1, 0.15) is 0 Å². The van der Waals surface area contributed by atoms with Gasteiger partial charge in [-0.15, -0.1) is 0 Å². The fourth-order valence-corrected chi connectivity index (χ4v) is 2.87. The van der Waals surface area contributed by atoms with Crippen LogP contribution < -0.4 is 5.32 Å². The zero-order chi connectivity index (χ0) is 14.5. The third kappa shape index (κ3) is 3.82. The summed E-state index contributed by atoms with van der Waals surface area (Å²) in [4.78, 5) is 11.7. The molecule has 2 rings (SSSR count). The summed E-state index contributed by atoms with van der Waals surface area (Å²) in [6.45, 7) is 4.50. The Morgan fingerprint density at radius 1 is 1.50 bits per heavy atom. The first-order valence-electron chi connectivity index (χ1n) is 7.51. The van der Waals surface area contributed by atoms with Gasteiger partial charge in [-0.25, -0.2) is 0 Å². The minimum atomic E-state index is -0.0220. The van der Waals surface area contributed by atoms with E-state index in [9.17, 15) is 4.79 Å². The summed E-state index contributed by atoms with van der Waals surface area (Å²) in [6, 6.07) is 0.781. The van der Waals surface area contributed by atoms with E-state index in [0.717, 1.165) is 25.7 Å². The van der Waals surface area contributed by atoms with Crippen LogP contribution in [0.15, 0.2) is 12.4 Å². The van der Waals surface area contributed by atoms with Gasteiger partial charge in [0.15, 0.2) is 0 Å². The normalized spacial score (nSPS) is 24.4. The molecule has 20 heavy (non-hydrogen) atoms. The highest BCUT2D eigenvalue weighted by atomic mass is 16.5. The third-order valence-electron chi connectivity index (χ3n) is 4.06. The first-order valence-corrected chi connectivity index (χ1v) is 7.51. The zero-order valence-electron chi connectivity index (χ0n) is 12.6. The van der Waals surface area contributed by atoms with E-state index in [1.807, 2.05) is 31.0 Å². The van der Waals surface area contributed by atoms with Crippen LogP contribution in [0.4, 0.5) is 0 Å². The summed E-state index contributed by atoms with van der Waals surface area (Å²) in [7, 11) is 1.93. The van der Waals surface area contributed by atoms with E-state index < -0.39 is 0 Å². The number of aromatic nitrogens is 2. The molecule has 1 unspecified atom stereocenters. The average molecular weight is 279 g/mol. The van der Waals surface area contributed by atoms with Gasteiger partial charge in [0.25, 0.3) is 0 Å². The Kier molecular flexibility index (Phi) is 5.17. The van der Waals surface area contributed by atoms with E-state index in [0.29, 0.717) is 18.7 Å². The lowest BCUT2D eigenvalue weighted by atomic mass is 9.85. The van der Waals surface area contributed by atoms with Gasteiger partial charge in [-0.1, -0.05) is 0 Å². The monoisotopic (exact) mass is 279 g/mol. The van der Waals surface area contributed by atoms with E-state index in [1.165, 1.54) is 5.56 Å². The van der Waals surface area contributed by atoms with Gasteiger partial charge in [-0.05, 0) is 39.5 Å². The smallest absolute Gasteiger partial charge is 0.308 e. The molecule has 0 aliphatic heterocycles. The predicted octanol–water partition coefficient (Wildman–Crippen LogP) is 2.19. The molecule has 1 saturated carbocycles. The average Bonchev–Trinajstić information content (AvgIpc) is 2.86. The maximum atomic E-state index is 11.7. The SMILES string of the molecule is CCOC(=O)C1CCC(NC(C)c2cnn(C)c2)CC1. The Bertz CT molecular complexity index is 436. The standard InChI is InChI=1S/C15H25N3O2/c1-4-20-15(19)12-5-7-14(8-6-12)17-11(2)13-9-16-18(3)10-13/h9-12,14,17H,4-8H2,1-3H3. The lowest BCUT2D eigenvalue weighted by molar-refractivity contribution is -0.149. The number of nitrogens with zero attached hydrogens (tertiary/aromatic N) is 2. The second-order valence-corrected chi connectivity index (χ2v) is 5.64. The number of carbonyl (C=O) groups excluding carboxylic acids is 1. The molecule has 0 aromatic carbocycles. The predicted molar refractivity (Wildman–Crippen MR) is 77.1 cm³/mol. The van der Waals surface area contributed by atoms with Crippen molar-refractivity contribution in [2.24, 2.45) is 13.0 Å². The van der Waals surface area contributed by atoms with Crippen molar-refractivity contribution in [2.45, 2.75) is 51.6 Å². The molecule has 1 aliphatic rings. The molecule has 0 bridgehead atoms. The summed E-state index contributed by atoms with van der Waals surface area (Å²) in [5, 5.41) is 7.84. The highest BCUT2D eigenvalue weighted by Crippen LogP contribution is 2.27. The molecule has 1 aliphatic carbocycles. The Morgan fingerprint density at radius 3 is 2.75 bits per heavy atom. The van der Waals surface area contributed by atoms with Gasteiger partial charge in [0.05, 0.1) is 18.7 Å². The minimum Gasteiger partial charge on any atom is -0.466 e. The molecule has 0 saturated heterocycles. The second-order valence-electron chi connectivity index (χ2n) is 5.64. The van der Waals surface area contributed by atoms with Crippen LogP contribution >= 0.6 is 0 Å². The molecule has 1 aromatic heterocycles. The van der Waals surface area contributed by atoms with E-state index in [1.54, 1.807) is 0 Å². The van der Waals surface area contributed by atoms with E-state index in [4.69, 9.17) is 4.74 Å². The van der Waals surface area contributed by atoms with Gasteiger partial charge in [0.2, 0.25) is 0 Å². The van der Waals surface area contributed by atoms with Crippen molar-refractivity contribution in [3.05, 3.63) is 18.0 Å². The maximum Gasteiger partial charge on any atom is 0.308 e. The molecule has 1 fully saturated rings. The second kappa shape index (κ2) is 6.88. The number of rotatable bonds is 5. The number of aryl methyl sites for hydroxylation is 1. The van der Waals surface area contributed by atoms with Crippen molar-refractivity contribution in [1.29, 1.82) is 0 Å². The molecule has 5 heteroatoms. The van der Waals surface area contributed by atoms with Crippen LogP contribution in [-0.2, 0) is 16.6 Å². The molecule has 1 atom stereocenters. The number of hydrogen-bond acceptors (Lipinski definition) is 4. The Morgan fingerprint density at radius 2 is 2.20 bits per heavy atom. The summed E-state index contributed by atoms with van der Waals surface area (Å²) < 4.78 is 6.92. The summed E-state index contributed by atoms with van der Waals surface area (Å²) >= 11 is 0. The van der Waals surface area contributed by atoms with E-state index >= 15 is 0 Å². The highest BCUT2D eigenvalue weighted by Gasteiger charge is 2.27. The number of esters is 1. The lowest BCUT2D eigenvalue weighted by Crippen LogP contribution is -2.36. The minimum absolute atomic E-state index is 0.0220. The van der Waals surface area contributed by atoms with Gasteiger partial charge in [0, 0.05) is 30.9 Å². The molecule has 0 amide bonds. The van der Waals surface area contributed by atoms with Gasteiger partial charge in [-0.3, -0.25) is 9.48 Å². The van der Waals surface area contributed by atoms with Crippen molar-refractivity contribution in [1.82, 2.24) is 15.1 Å². The topological polar surface area (TPSA) is 56.1 Å². The third-order valence-corrected chi connectivity index (χ3v) is 4.06. The van der Waals surface area contributed by atoms with Crippen molar-refractivity contribution in [3.63, 3.8) is 0 Å². The van der Waals surface area contributed by atoms with Crippen molar-refractivity contribution in [3.8, 4) is 0 Å². The quantitative estimate of drug-likeness (QED) is 0.839. The van der Waals surface area contributed by atoms with Crippen LogP contribution in [0.2, 0.25) is 0 Å². The van der Waals surface area contributed by atoms with Crippen LogP contribution in [0.3, 0.4) is 0 Å². The van der Waals surface area contributed by atoms with E-state index in [-0.39, 0.29) is 11.9 Å². The highest BCUT2D eigenvalue weighted by molar-refractivity contribution is 5.72. The summed E-state index contributed by atoms with van der Waals surface area (Å²) in [5.41, 5.74) is 1.21. The number of ether oxygens (including phenoxy) is 1. The van der Waals surface area contributed by atoms with Gasteiger partial charge in [-0.2, -0.15) is 5.10 Å². The van der Waals surface area contributed by atoms with Gasteiger partial charge < -0.3 is 10.1 Å². The van der Waals surface area contributed by atoms with Crippen LogP contribution in [0.25, 0.3) is 0 Å². The molecular weight excluding hydrogens is 254 g/mol. The molecule has 0 spiro atoms. The van der Waals surface area contributed by atoms with Crippen LogP contribution in [0.5, 0.6) is 0 Å². The first-order chi connectivity index (χ1) is 9.60. The summed E-state index contributed by atoms with van der Waals surface area (Å²) in [6.07, 6.45) is 7.87. The first kappa shape index (κ1) is 15.0. The van der Waals surface area contributed by atoms with Gasteiger partial charge >= 0.3 is 5.97 Å². The molecule has 5 nitrogen and oxygen atoms in total. The van der Waals surface area contributed by atoms with Crippen LogP contribution in [-0.4, -0.2) is 28.4 Å². The molecule has 112 valence electrons. The molecule has 1 N–H and O–H groups in total. The summed E-state index contributed by atoms with van der Waals surface area (Å²) in [5.74, 6) is 0.0768.